The van der Waals surface area contributed by atoms with Crippen molar-refractivity contribution in [1.82, 2.24) is 0 Å². The predicted octanol–water partition coefficient (Wildman–Crippen LogP) is 3.14. The molecular weight excluding hydrogens is 374 g/mol. The molecule has 0 spiro atoms. The minimum Gasteiger partial charge on any atom is -0.388 e. The van der Waals surface area contributed by atoms with Crippen LogP contribution in [0.5, 0.6) is 0 Å². The van der Waals surface area contributed by atoms with Crippen LogP contribution in [-0.2, 0) is 4.74 Å². The predicted molar refractivity (Wildman–Crippen MR) is 80.8 cm³/mol. The number of aliphatic hydroxyl groups is 1. The Morgan fingerprint density at radius 1 is 1.37 bits per heavy atom. The third-order valence-corrected chi connectivity index (χ3v) is 6.42. The molecule has 1 aromatic carbocycles. The number of fused-ring (bicyclic) bond motifs is 2. The molecule has 2 heterocycles. The van der Waals surface area contributed by atoms with Crippen molar-refractivity contribution >= 4 is 31.9 Å². The van der Waals surface area contributed by atoms with Crippen LogP contribution in [0.15, 0.2) is 27.1 Å². The molecule has 4 unspecified atom stereocenters. The minimum absolute atomic E-state index is 0.0972. The van der Waals surface area contributed by atoms with Gasteiger partial charge in [-0.1, -0.05) is 6.07 Å². The Bertz CT molecular complexity index is 496. The molecule has 3 N–H and O–H groups in total. The number of rotatable bonds is 3. The van der Waals surface area contributed by atoms with Crippen molar-refractivity contribution in [3.05, 3.63) is 32.7 Å². The van der Waals surface area contributed by atoms with Crippen LogP contribution in [0.25, 0.3) is 0 Å². The zero-order valence-corrected chi connectivity index (χ0v) is 13.7. The average molecular weight is 391 g/mol. The number of benzene rings is 1. The lowest BCUT2D eigenvalue weighted by Crippen LogP contribution is -2.44. The summed E-state index contributed by atoms with van der Waals surface area (Å²) in [4.78, 5) is 0. The molecule has 2 fully saturated rings. The lowest BCUT2D eigenvalue weighted by molar-refractivity contribution is -0.0264. The summed E-state index contributed by atoms with van der Waals surface area (Å²) in [6.45, 7) is 0.461. The van der Waals surface area contributed by atoms with E-state index in [4.69, 9.17) is 10.5 Å². The molecule has 1 aromatic rings. The SMILES string of the molecule is NCC1(C(O)c2ccc(Br)c(Br)c2)CC2CCC1O2. The molecule has 0 saturated carbocycles. The molecule has 0 amide bonds. The van der Waals surface area contributed by atoms with E-state index < -0.39 is 6.10 Å². The summed E-state index contributed by atoms with van der Waals surface area (Å²) in [5.41, 5.74) is 6.58. The number of hydrogen-bond donors (Lipinski definition) is 2. The van der Waals surface area contributed by atoms with Gasteiger partial charge < -0.3 is 15.6 Å². The third kappa shape index (κ3) is 2.20. The van der Waals surface area contributed by atoms with E-state index in [1.54, 1.807) is 0 Å². The van der Waals surface area contributed by atoms with Crippen molar-refractivity contribution in [3.63, 3.8) is 0 Å². The molecule has 5 heteroatoms. The van der Waals surface area contributed by atoms with E-state index in [9.17, 15) is 5.11 Å². The van der Waals surface area contributed by atoms with Crippen molar-refractivity contribution in [2.24, 2.45) is 11.1 Å². The molecule has 0 aromatic heterocycles. The number of nitrogens with two attached hydrogens (primary N) is 1. The lowest BCUT2D eigenvalue weighted by atomic mass is 9.68. The molecule has 0 radical (unpaired) electrons. The number of aliphatic hydroxyl groups excluding tert-OH is 1. The zero-order chi connectivity index (χ0) is 13.6. The van der Waals surface area contributed by atoms with E-state index >= 15 is 0 Å². The van der Waals surface area contributed by atoms with Gasteiger partial charge in [-0.2, -0.15) is 0 Å². The van der Waals surface area contributed by atoms with Gasteiger partial charge in [-0.15, -0.1) is 0 Å². The fourth-order valence-electron chi connectivity index (χ4n) is 3.46. The highest BCUT2D eigenvalue weighted by Crippen LogP contribution is 2.53. The molecule has 3 nitrogen and oxygen atoms in total. The first-order valence-corrected chi connectivity index (χ1v) is 8.14. The van der Waals surface area contributed by atoms with Gasteiger partial charge in [-0.3, -0.25) is 0 Å². The number of ether oxygens (including phenoxy) is 1. The van der Waals surface area contributed by atoms with Crippen LogP contribution >= 0.6 is 31.9 Å². The summed E-state index contributed by atoms with van der Waals surface area (Å²) in [6, 6.07) is 5.85. The standard InChI is InChI=1S/C14H17Br2NO2/c15-10-3-1-8(5-11(10)16)13(18)14(7-17)6-9-2-4-12(14)19-9/h1,3,5,9,12-13,18H,2,4,6-7,17H2. The second-order valence-electron chi connectivity index (χ2n) is 5.54. The largest absolute Gasteiger partial charge is 0.388 e. The lowest BCUT2D eigenvalue weighted by Gasteiger charge is -2.38. The monoisotopic (exact) mass is 389 g/mol. The Kier molecular flexibility index (Phi) is 3.77. The van der Waals surface area contributed by atoms with Gasteiger partial charge in [0.15, 0.2) is 0 Å². The molecule has 3 rings (SSSR count). The van der Waals surface area contributed by atoms with Gasteiger partial charge in [-0.25, -0.2) is 0 Å². The van der Waals surface area contributed by atoms with Crippen molar-refractivity contribution in [1.29, 1.82) is 0 Å². The molecule has 2 aliphatic heterocycles. The summed E-state index contributed by atoms with van der Waals surface area (Å²) in [5.74, 6) is 0. The molecular formula is C14H17Br2NO2. The van der Waals surface area contributed by atoms with Crippen LogP contribution < -0.4 is 5.73 Å². The van der Waals surface area contributed by atoms with Crippen LogP contribution in [0.4, 0.5) is 0 Å². The first kappa shape index (κ1) is 14.0. The Balaban J connectivity index is 1.93. The fourth-order valence-corrected chi connectivity index (χ4v) is 4.11. The Morgan fingerprint density at radius 2 is 2.16 bits per heavy atom. The second kappa shape index (κ2) is 5.11. The quantitative estimate of drug-likeness (QED) is 0.833. The Labute approximate surface area is 129 Å². The Morgan fingerprint density at radius 3 is 2.68 bits per heavy atom. The van der Waals surface area contributed by atoms with E-state index in [1.165, 1.54) is 0 Å². The molecule has 104 valence electrons. The van der Waals surface area contributed by atoms with E-state index in [2.05, 4.69) is 31.9 Å². The summed E-state index contributed by atoms with van der Waals surface area (Å²) >= 11 is 6.93. The first-order chi connectivity index (χ1) is 9.06. The zero-order valence-electron chi connectivity index (χ0n) is 10.5. The smallest absolute Gasteiger partial charge is 0.0884 e. The third-order valence-electron chi connectivity index (χ3n) is 4.54. The van der Waals surface area contributed by atoms with Crippen LogP contribution in [-0.4, -0.2) is 23.9 Å². The maximum atomic E-state index is 10.8. The van der Waals surface area contributed by atoms with Gasteiger partial charge in [0.2, 0.25) is 0 Å². The molecule has 2 aliphatic rings. The minimum atomic E-state index is -0.572. The molecule has 0 aliphatic carbocycles. The molecule has 2 bridgehead atoms. The maximum absolute atomic E-state index is 10.8. The summed E-state index contributed by atoms with van der Waals surface area (Å²) in [6.07, 6.45) is 2.78. The normalized spacial score (nSPS) is 34.7. The van der Waals surface area contributed by atoms with E-state index in [-0.39, 0.29) is 17.6 Å². The highest BCUT2D eigenvalue weighted by Gasteiger charge is 2.55. The highest BCUT2D eigenvalue weighted by molar-refractivity contribution is 9.13. The van der Waals surface area contributed by atoms with Crippen molar-refractivity contribution < 1.29 is 9.84 Å². The summed E-state index contributed by atoms with van der Waals surface area (Å²) in [7, 11) is 0. The van der Waals surface area contributed by atoms with Gasteiger partial charge in [-0.05, 0) is 68.8 Å². The highest BCUT2D eigenvalue weighted by atomic mass is 79.9. The van der Waals surface area contributed by atoms with Crippen LogP contribution in [0, 0.1) is 5.41 Å². The van der Waals surface area contributed by atoms with Crippen LogP contribution in [0.3, 0.4) is 0 Å². The Hall–Kier alpha value is 0.0600. The van der Waals surface area contributed by atoms with Gasteiger partial charge in [0.1, 0.15) is 0 Å². The van der Waals surface area contributed by atoms with Crippen molar-refractivity contribution in [3.8, 4) is 0 Å². The molecule has 2 saturated heterocycles. The molecule has 4 atom stereocenters. The van der Waals surface area contributed by atoms with E-state index in [1.807, 2.05) is 18.2 Å². The second-order valence-corrected chi connectivity index (χ2v) is 7.25. The first-order valence-electron chi connectivity index (χ1n) is 6.55. The topological polar surface area (TPSA) is 55.5 Å². The summed E-state index contributed by atoms with van der Waals surface area (Å²) in [5, 5.41) is 10.8. The number of hydrogen-bond acceptors (Lipinski definition) is 3. The molecule has 19 heavy (non-hydrogen) atoms. The van der Waals surface area contributed by atoms with Gasteiger partial charge in [0.25, 0.3) is 0 Å². The van der Waals surface area contributed by atoms with Gasteiger partial charge in [0.05, 0.1) is 18.3 Å². The number of halogens is 2. The van der Waals surface area contributed by atoms with E-state index in [0.717, 1.165) is 33.8 Å². The van der Waals surface area contributed by atoms with Gasteiger partial charge in [0, 0.05) is 20.9 Å². The van der Waals surface area contributed by atoms with Crippen molar-refractivity contribution in [2.75, 3.05) is 6.54 Å². The van der Waals surface area contributed by atoms with E-state index in [0.29, 0.717) is 6.54 Å². The van der Waals surface area contributed by atoms with Gasteiger partial charge >= 0.3 is 0 Å². The summed E-state index contributed by atoms with van der Waals surface area (Å²) < 4.78 is 7.84. The maximum Gasteiger partial charge on any atom is 0.0884 e. The average Bonchev–Trinajstić information content (AvgIpc) is 3.02. The van der Waals surface area contributed by atoms with Crippen LogP contribution in [0.1, 0.15) is 30.9 Å². The fraction of sp³-hybridized carbons (Fsp3) is 0.571. The van der Waals surface area contributed by atoms with Crippen molar-refractivity contribution in [2.45, 2.75) is 37.6 Å². The van der Waals surface area contributed by atoms with Crippen LogP contribution in [0.2, 0.25) is 0 Å².